The third-order valence-electron chi connectivity index (χ3n) is 6.85. The van der Waals surface area contributed by atoms with Crippen LogP contribution >= 0.6 is 0 Å². The molecule has 2 aromatic rings. The van der Waals surface area contributed by atoms with Gasteiger partial charge in [0.2, 0.25) is 0 Å². The molecule has 0 fully saturated rings. The number of benzene rings is 2. The predicted octanol–water partition coefficient (Wildman–Crippen LogP) is 4.85. The monoisotopic (exact) mass is 438 g/mol. The first-order valence-corrected chi connectivity index (χ1v) is 12.6. The molecule has 0 saturated heterocycles. The lowest BCUT2D eigenvalue weighted by atomic mass is 9.84. The Morgan fingerprint density at radius 1 is 0.969 bits per heavy atom. The summed E-state index contributed by atoms with van der Waals surface area (Å²) < 4.78 is 0. The molecule has 0 saturated carbocycles. The van der Waals surface area contributed by atoms with Crippen molar-refractivity contribution < 1.29 is 10.2 Å². The van der Waals surface area contributed by atoms with Gasteiger partial charge in [0, 0.05) is 11.6 Å². The molecule has 0 radical (unpaired) electrons. The number of nitrogens with zero attached hydrogens (tertiary/aromatic N) is 1. The number of unbranched alkanes of at least 4 members (excludes halogenated alkanes) is 3. The van der Waals surface area contributed by atoms with Crippen LogP contribution in [0.5, 0.6) is 5.75 Å². The third-order valence-corrected chi connectivity index (χ3v) is 6.85. The van der Waals surface area contributed by atoms with Gasteiger partial charge >= 0.3 is 0 Å². The summed E-state index contributed by atoms with van der Waals surface area (Å²) in [4.78, 5) is 2.69. The van der Waals surface area contributed by atoms with Gasteiger partial charge < -0.3 is 20.4 Å². The van der Waals surface area contributed by atoms with Gasteiger partial charge in [0.1, 0.15) is 5.75 Å². The number of fused-ring (bicyclic) bond motifs is 1. The molecule has 2 aromatic carbocycles. The van der Waals surface area contributed by atoms with E-state index in [-0.39, 0.29) is 12.4 Å². The Morgan fingerprint density at radius 3 is 2.56 bits per heavy atom. The predicted molar refractivity (Wildman–Crippen MR) is 133 cm³/mol. The standard InChI is InChI=1S/C28H42N2O2/c1-2-19-30(25-13-14-26-24(21-25)12-15-28(32)27(26)22-31)20-9-4-3-8-17-29-18-16-23-10-6-5-7-11-23/h5-7,10-12,15,25,29,31-32H,2-4,8-9,13-14,16-22H2,1H3/t25-/m0/s1. The van der Waals surface area contributed by atoms with Crippen LogP contribution in [-0.2, 0) is 25.9 Å². The maximum atomic E-state index is 10.0. The zero-order valence-corrected chi connectivity index (χ0v) is 19.9. The van der Waals surface area contributed by atoms with Crippen LogP contribution in [0.25, 0.3) is 0 Å². The van der Waals surface area contributed by atoms with Crippen LogP contribution in [0.15, 0.2) is 42.5 Å². The summed E-state index contributed by atoms with van der Waals surface area (Å²) in [7, 11) is 0. The number of rotatable bonds is 14. The number of hydrogen-bond donors (Lipinski definition) is 3. The Labute approximate surface area is 194 Å². The van der Waals surface area contributed by atoms with Gasteiger partial charge in [0.05, 0.1) is 6.61 Å². The van der Waals surface area contributed by atoms with Crippen LogP contribution in [0.2, 0.25) is 0 Å². The lowest BCUT2D eigenvalue weighted by Gasteiger charge is -2.36. The van der Waals surface area contributed by atoms with E-state index in [1.54, 1.807) is 6.07 Å². The van der Waals surface area contributed by atoms with E-state index in [9.17, 15) is 10.2 Å². The fourth-order valence-electron chi connectivity index (χ4n) is 5.07. The highest BCUT2D eigenvalue weighted by Gasteiger charge is 2.26. The van der Waals surface area contributed by atoms with E-state index < -0.39 is 0 Å². The Hall–Kier alpha value is -1.88. The molecule has 1 aliphatic carbocycles. The molecule has 1 aliphatic rings. The first-order chi connectivity index (χ1) is 15.7. The molecule has 32 heavy (non-hydrogen) atoms. The summed E-state index contributed by atoms with van der Waals surface area (Å²) >= 11 is 0. The number of hydrogen-bond acceptors (Lipinski definition) is 4. The first-order valence-electron chi connectivity index (χ1n) is 12.6. The topological polar surface area (TPSA) is 55.7 Å². The van der Waals surface area contributed by atoms with E-state index in [0.717, 1.165) is 50.9 Å². The average molecular weight is 439 g/mol. The highest BCUT2D eigenvalue weighted by molar-refractivity contribution is 5.45. The minimum atomic E-state index is -0.0700. The molecule has 0 bridgehead atoms. The van der Waals surface area contributed by atoms with Crippen molar-refractivity contribution >= 4 is 0 Å². The second-order valence-corrected chi connectivity index (χ2v) is 9.19. The van der Waals surface area contributed by atoms with Crippen molar-refractivity contribution in [2.75, 3.05) is 26.2 Å². The molecule has 3 rings (SSSR count). The fraction of sp³-hybridized carbons (Fsp3) is 0.571. The van der Waals surface area contributed by atoms with Crippen LogP contribution < -0.4 is 5.32 Å². The van der Waals surface area contributed by atoms with E-state index in [1.165, 1.54) is 55.3 Å². The van der Waals surface area contributed by atoms with Gasteiger partial charge in [-0.2, -0.15) is 0 Å². The third kappa shape index (κ3) is 7.33. The molecule has 0 aliphatic heterocycles. The minimum Gasteiger partial charge on any atom is -0.508 e. The highest BCUT2D eigenvalue weighted by atomic mass is 16.3. The van der Waals surface area contributed by atoms with E-state index in [0.29, 0.717) is 6.04 Å². The van der Waals surface area contributed by atoms with Crippen molar-refractivity contribution in [2.24, 2.45) is 0 Å². The molecule has 4 heteroatoms. The highest BCUT2D eigenvalue weighted by Crippen LogP contribution is 2.32. The van der Waals surface area contributed by atoms with Gasteiger partial charge in [-0.1, -0.05) is 56.2 Å². The number of aliphatic hydroxyl groups excluding tert-OH is 1. The van der Waals surface area contributed by atoms with Crippen molar-refractivity contribution in [3.63, 3.8) is 0 Å². The van der Waals surface area contributed by atoms with Crippen LogP contribution in [0.4, 0.5) is 0 Å². The second-order valence-electron chi connectivity index (χ2n) is 9.19. The molecule has 0 spiro atoms. The zero-order chi connectivity index (χ0) is 22.6. The van der Waals surface area contributed by atoms with Crippen molar-refractivity contribution in [2.45, 2.75) is 77.4 Å². The molecule has 0 unspecified atom stereocenters. The minimum absolute atomic E-state index is 0.0700. The Bertz CT molecular complexity index is 794. The molecule has 0 amide bonds. The number of aromatic hydroxyl groups is 1. The number of nitrogens with one attached hydrogen (secondary N) is 1. The molecule has 0 aromatic heterocycles. The molecule has 4 nitrogen and oxygen atoms in total. The van der Waals surface area contributed by atoms with Gasteiger partial charge in [-0.15, -0.1) is 0 Å². The summed E-state index contributed by atoms with van der Waals surface area (Å²) in [5.41, 5.74) is 4.64. The summed E-state index contributed by atoms with van der Waals surface area (Å²) in [6, 6.07) is 15.1. The Morgan fingerprint density at radius 2 is 1.78 bits per heavy atom. The molecule has 0 heterocycles. The van der Waals surface area contributed by atoms with Crippen molar-refractivity contribution in [1.82, 2.24) is 10.2 Å². The summed E-state index contributed by atoms with van der Waals surface area (Å²) in [5, 5.41) is 23.3. The molecular formula is C28H42N2O2. The van der Waals surface area contributed by atoms with E-state index in [1.807, 2.05) is 0 Å². The van der Waals surface area contributed by atoms with E-state index >= 15 is 0 Å². The molecule has 1 atom stereocenters. The average Bonchev–Trinajstić information content (AvgIpc) is 2.82. The summed E-state index contributed by atoms with van der Waals surface area (Å²) in [6.07, 6.45) is 10.5. The smallest absolute Gasteiger partial charge is 0.121 e. The summed E-state index contributed by atoms with van der Waals surface area (Å²) in [6.45, 7) is 6.72. The molecule has 3 N–H and O–H groups in total. The Balaban J connectivity index is 1.33. The van der Waals surface area contributed by atoms with Gasteiger partial charge in [-0.3, -0.25) is 0 Å². The normalized spacial score (nSPS) is 15.8. The maximum absolute atomic E-state index is 10.0. The van der Waals surface area contributed by atoms with E-state index in [2.05, 4.69) is 53.5 Å². The maximum Gasteiger partial charge on any atom is 0.121 e. The molecular weight excluding hydrogens is 396 g/mol. The second kappa shape index (κ2) is 13.6. The first kappa shape index (κ1) is 24.8. The van der Waals surface area contributed by atoms with Crippen LogP contribution in [0.3, 0.4) is 0 Å². The van der Waals surface area contributed by atoms with Gasteiger partial charge in [0.15, 0.2) is 0 Å². The zero-order valence-electron chi connectivity index (χ0n) is 19.9. The van der Waals surface area contributed by atoms with Crippen molar-refractivity contribution in [1.29, 1.82) is 0 Å². The summed E-state index contributed by atoms with van der Waals surface area (Å²) in [5.74, 6) is 0.240. The van der Waals surface area contributed by atoms with Gasteiger partial charge in [-0.25, -0.2) is 0 Å². The largest absolute Gasteiger partial charge is 0.508 e. The fourth-order valence-corrected chi connectivity index (χ4v) is 5.07. The van der Waals surface area contributed by atoms with Crippen LogP contribution in [0, 0.1) is 0 Å². The molecule has 176 valence electrons. The quantitative estimate of drug-likeness (QED) is 0.369. The van der Waals surface area contributed by atoms with E-state index in [4.69, 9.17) is 0 Å². The van der Waals surface area contributed by atoms with Crippen LogP contribution in [0.1, 0.15) is 67.7 Å². The number of aliphatic hydroxyl groups is 1. The van der Waals surface area contributed by atoms with Gasteiger partial charge in [0.25, 0.3) is 0 Å². The Kier molecular flexibility index (Phi) is 10.5. The lowest BCUT2D eigenvalue weighted by Crippen LogP contribution is -2.40. The van der Waals surface area contributed by atoms with Crippen LogP contribution in [-0.4, -0.2) is 47.3 Å². The number of phenols is 1. The van der Waals surface area contributed by atoms with Crippen molar-refractivity contribution in [3.05, 3.63) is 64.7 Å². The van der Waals surface area contributed by atoms with Gasteiger partial charge in [-0.05, 0) is 93.9 Å². The van der Waals surface area contributed by atoms with Crippen molar-refractivity contribution in [3.8, 4) is 5.75 Å². The SMILES string of the molecule is CCCN(CCCCCCNCCc1ccccc1)[C@H]1CCc2c(ccc(O)c2CO)C1. The lowest BCUT2D eigenvalue weighted by molar-refractivity contribution is 0.175.